The molecule has 4 atom stereocenters. The van der Waals surface area contributed by atoms with Gasteiger partial charge in [0, 0.05) is 37.1 Å². The molecule has 0 spiro atoms. The molecule has 0 aliphatic heterocycles. The van der Waals surface area contributed by atoms with Crippen molar-refractivity contribution in [3.63, 3.8) is 0 Å². The van der Waals surface area contributed by atoms with Crippen LogP contribution < -0.4 is 10.6 Å². The number of aliphatic hydroxyl groups is 3. The maximum atomic E-state index is 13.0. The standard InChI is InChI=1S/C70H118N2O13/c1-5-8-11-32-43-61(74)45-34-26-20-14-17-23-29-38-49-66(76)82-57-64(84-68(78)51-40-31-25-18-15-21-27-35-46-62(75)44-33-12-9-6-2)58-83-67(77)50-39-30-24-19-16-22-28-37-48-63(47-36-13-10-7-3)85-70(80)71-60-53-52-59(4)65(56-60)72-69(79)81-55-42-41-54-73/h26-28,34-35,37,41-42,52-53,56,61-64,73-75H,5-25,29-33,36,38-40,43-51,54-55,57-58H2,1-4H3,(H,71,80)(H,72,79)/b34-26-,35-27-,37-28-,42-41?. The Morgan fingerprint density at radius 3 is 1.39 bits per heavy atom. The van der Waals surface area contributed by atoms with Gasteiger partial charge < -0.3 is 39.0 Å². The molecule has 0 fully saturated rings. The van der Waals surface area contributed by atoms with Gasteiger partial charge in [0.25, 0.3) is 0 Å². The Balaban J connectivity index is 2.54. The Morgan fingerprint density at radius 2 is 0.894 bits per heavy atom. The third kappa shape index (κ3) is 49.8. The number of amides is 2. The lowest BCUT2D eigenvalue weighted by molar-refractivity contribution is -0.167. The molecule has 15 heteroatoms. The van der Waals surface area contributed by atoms with Gasteiger partial charge in [-0.3, -0.25) is 25.0 Å². The quantitative estimate of drug-likeness (QED) is 0.0178. The van der Waals surface area contributed by atoms with Crippen LogP contribution in [0.1, 0.15) is 277 Å². The van der Waals surface area contributed by atoms with E-state index in [1.807, 2.05) is 6.92 Å². The minimum atomic E-state index is -0.881. The molecule has 486 valence electrons. The summed E-state index contributed by atoms with van der Waals surface area (Å²) in [5.74, 6) is -1.14. The van der Waals surface area contributed by atoms with E-state index in [0.717, 1.165) is 160 Å². The number of ether oxygens (including phenoxy) is 5. The molecule has 0 saturated heterocycles. The highest BCUT2D eigenvalue weighted by atomic mass is 16.6. The molecule has 0 radical (unpaired) electrons. The fraction of sp³-hybridized carbons (Fsp3) is 0.729. The number of carbonyl (C=O) groups excluding carboxylic acids is 5. The number of benzene rings is 1. The SMILES string of the molecule is CCCCCCC(O)C/C=C\CCCCCCCC(=O)OCC(COC(=O)CCCCCCC/C=C\CC(CCCCCC)OC(=O)Nc1ccc(C)c(NC(=O)OCC=CCO)c1)OC(=O)CCCCCCC/C=C\CC(O)CCCCCC. The summed E-state index contributed by atoms with van der Waals surface area (Å²) < 4.78 is 27.8. The Morgan fingerprint density at radius 1 is 0.447 bits per heavy atom. The molecule has 0 saturated carbocycles. The number of allylic oxidation sites excluding steroid dienone is 3. The van der Waals surface area contributed by atoms with Gasteiger partial charge in [0.15, 0.2) is 6.10 Å². The van der Waals surface area contributed by atoms with Crippen LogP contribution in [0.2, 0.25) is 0 Å². The molecule has 4 unspecified atom stereocenters. The van der Waals surface area contributed by atoms with E-state index in [0.29, 0.717) is 49.9 Å². The van der Waals surface area contributed by atoms with E-state index in [9.17, 15) is 34.2 Å². The number of aryl methyl sites for hydroxylation is 1. The number of anilines is 2. The maximum Gasteiger partial charge on any atom is 0.411 e. The number of rotatable bonds is 56. The second-order valence-corrected chi connectivity index (χ2v) is 22.9. The minimum absolute atomic E-state index is 0.0178. The molecule has 15 nitrogen and oxygen atoms in total. The molecule has 0 bridgehead atoms. The number of carbonyl (C=O) groups is 5. The van der Waals surface area contributed by atoms with Crippen molar-refractivity contribution in [3.8, 4) is 0 Å². The summed E-state index contributed by atoms with van der Waals surface area (Å²) in [6, 6.07) is 5.18. The summed E-state index contributed by atoms with van der Waals surface area (Å²) >= 11 is 0. The number of unbranched alkanes of at least 4 members (excludes halogenated alkanes) is 24. The van der Waals surface area contributed by atoms with E-state index in [4.69, 9.17) is 28.8 Å². The molecule has 0 heterocycles. The van der Waals surface area contributed by atoms with Gasteiger partial charge >= 0.3 is 30.1 Å². The van der Waals surface area contributed by atoms with Crippen molar-refractivity contribution >= 4 is 41.5 Å². The van der Waals surface area contributed by atoms with Crippen LogP contribution in [0.15, 0.2) is 66.8 Å². The molecule has 1 rings (SSSR count). The molecule has 1 aromatic carbocycles. The zero-order valence-electron chi connectivity index (χ0n) is 53.5. The molecule has 1 aromatic rings. The van der Waals surface area contributed by atoms with Crippen molar-refractivity contribution in [3.05, 3.63) is 72.4 Å². The van der Waals surface area contributed by atoms with Crippen LogP contribution in [0, 0.1) is 6.92 Å². The first-order valence-corrected chi connectivity index (χ1v) is 33.5. The second-order valence-electron chi connectivity index (χ2n) is 22.9. The molecule has 0 aliphatic rings. The van der Waals surface area contributed by atoms with Crippen LogP contribution in [0.25, 0.3) is 0 Å². The molecular formula is C70H118N2O13. The summed E-state index contributed by atoms with van der Waals surface area (Å²) in [6.45, 7) is 7.91. The van der Waals surface area contributed by atoms with Crippen molar-refractivity contribution in [1.82, 2.24) is 0 Å². The van der Waals surface area contributed by atoms with Gasteiger partial charge in [-0.05, 0) is 127 Å². The van der Waals surface area contributed by atoms with Gasteiger partial charge in [0.05, 0.1) is 18.8 Å². The Bertz CT molecular complexity index is 1950. The van der Waals surface area contributed by atoms with Crippen molar-refractivity contribution in [2.75, 3.05) is 37.1 Å². The average molecular weight is 1200 g/mol. The van der Waals surface area contributed by atoms with Crippen molar-refractivity contribution in [2.45, 2.75) is 303 Å². The van der Waals surface area contributed by atoms with E-state index < -0.39 is 24.3 Å². The zero-order valence-corrected chi connectivity index (χ0v) is 53.5. The number of esters is 3. The highest BCUT2D eigenvalue weighted by Gasteiger charge is 2.20. The van der Waals surface area contributed by atoms with Crippen LogP contribution in [0.5, 0.6) is 0 Å². The topological polar surface area (TPSA) is 216 Å². The molecule has 2 amide bonds. The fourth-order valence-corrected chi connectivity index (χ4v) is 9.59. The normalized spacial score (nSPS) is 13.1. The molecule has 0 aliphatic carbocycles. The van der Waals surface area contributed by atoms with Crippen molar-refractivity contribution in [2.24, 2.45) is 0 Å². The summed E-state index contributed by atoms with van der Waals surface area (Å²) in [5.41, 5.74) is 1.75. The predicted molar refractivity (Wildman–Crippen MR) is 345 cm³/mol. The van der Waals surface area contributed by atoms with Crippen molar-refractivity contribution in [1.29, 1.82) is 0 Å². The number of hydrogen-bond acceptors (Lipinski definition) is 13. The van der Waals surface area contributed by atoms with Gasteiger partial charge in [-0.1, -0.05) is 198 Å². The fourth-order valence-electron chi connectivity index (χ4n) is 9.59. The highest BCUT2D eigenvalue weighted by molar-refractivity contribution is 5.89. The minimum Gasteiger partial charge on any atom is -0.462 e. The molecular weight excluding hydrogens is 1080 g/mol. The van der Waals surface area contributed by atoms with Gasteiger partial charge in [-0.15, -0.1) is 0 Å². The lowest BCUT2D eigenvalue weighted by Crippen LogP contribution is -2.30. The van der Waals surface area contributed by atoms with Crippen LogP contribution in [-0.2, 0) is 38.1 Å². The average Bonchev–Trinajstić information content (AvgIpc) is 3.61. The summed E-state index contributed by atoms with van der Waals surface area (Å²) in [4.78, 5) is 63.9. The Kier molecular flexibility index (Phi) is 52.1. The number of nitrogens with one attached hydrogen (secondary N) is 2. The van der Waals surface area contributed by atoms with Gasteiger partial charge in [0.2, 0.25) is 0 Å². The van der Waals surface area contributed by atoms with Gasteiger partial charge in [-0.25, -0.2) is 9.59 Å². The smallest absolute Gasteiger partial charge is 0.411 e. The van der Waals surface area contributed by atoms with Gasteiger partial charge in [-0.2, -0.15) is 0 Å². The second kappa shape index (κ2) is 56.8. The van der Waals surface area contributed by atoms with Crippen LogP contribution in [0.3, 0.4) is 0 Å². The predicted octanol–water partition coefficient (Wildman–Crippen LogP) is 17.7. The highest BCUT2D eigenvalue weighted by Crippen LogP contribution is 2.23. The van der Waals surface area contributed by atoms with Crippen LogP contribution in [-0.4, -0.2) is 96.3 Å². The Hall–Kier alpha value is -4.99. The van der Waals surface area contributed by atoms with E-state index in [-0.39, 0.29) is 75.9 Å². The first-order valence-electron chi connectivity index (χ1n) is 33.5. The van der Waals surface area contributed by atoms with Crippen molar-refractivity contribution < 1.29 is 63.0 Å². The van der Waals surface area contributed by atoms with Crippen LogP contribution >= 0.6 is 0 Å². The van der Waals surface area contributed by atoms with Crippen LogP contribution in [0.4, 0.5) is 21.0 Å². The van der Waals surface area contributed by atoms with E-state index >= 15 is 0 Å². The summed E-state index contributed by atoms with van der Waals surface area (Å²) in [5, 5.41) is 34.7. The first kappa shape index (κ1) is 78.0. The van der Waals surface area contributed by atoms with E-state index in [1.165, 1.54) is 44.6 Å². The van der Waals surface area contributed by atoms with E-state index in [2.05, 4.69) is 67.9 Å². The lowest BCUT2D eigenvalue weighted by atomic mass is 10.1. The number of hydrogen-bond donors (Lipinski definition) is 5. The zero-order chi connectivity index (χ0) is 62.1. The van der Waals surface area contributed by atoms with Gasteiger partial charge in [0.1, 0.15) is 25.9 Å². The third-order valence-electron chi connectivity index (χ3n) is 14.9. The largest absolute Gasteiger partial charge is 0.462 e. The molecule has 5 N–H and O–H groups in total. The monoisotopic (exact) mass is 1190 g/mol. The molecule has 85 heavy (non-hydrogen) atoms. The number of aliphatic hydroxyl groups excluding tert-OH is 3. The third-order valence-corrected chi connectivity index (χ3v) is 14.9. The van der Waals surface area contributed by atoms with E-state index in [1.54, 1.807) is 24.3 Å². The Labute approximate surface area is 514 Å². The lowest BCUT2D eigenvalue weighted by Gasteiger charge is -2.18. The molecule has 0 aromatic heterocycles. The maximum absolute atomic E-state index is 13.0. The summed E-state index contributed by atoms with van der Waals surface area (Å²) in [7, 11) is 0. The summed E-state index contributed by atoms with van der Waals surface area (Å²) in [6.07, 6.45) is 48.6. The first-order chi connectivity index (χ1) is 41.4.